The Labute approximate surface area is 101 Å². The Morgan fingerprint density at radius 1 is 1.53 bits per heavy atom. The van der Waals surface area contributed by atoms with Gasteiger partial charge in [0.15, 0.2) is 0 Å². The Morgan fingerprint density at radius 2 is 2.29 bits per heavy atom. The van der Waals surface area contributed by atoms with Crippen molar-refractivity contribution in [2.24, 2.45) is 11.7 Å². The maximum absolute atomic E-state index is 13.2. The first-order valence-corrected chi connectivity index (χ1v) is 5.97. The minimum atomic E-state index is -0.344. The van der Waals surface area contributed by atoms with Gasteiger partial charge in [0.1, 0.15) is 11.7 Å². The van der Waals surface area contributed by atoms with Crippen LogP contribution in [-0.4, -0.2) is 18.9 Å². The molecule has 1 aliphatic rings. The Balaban J connectivity index is 2.33. The Kier molecular flexibility index (Phi) is 3.31. The van der Waals surface area contributed by atoms with Gasteiger partial charge in [0.05, 0.1) is 0 Å². The molecule has 0 spiro atoms. The molecule has 1 aromatic rings. The highest BCUT2D eigenvalue weighted by molar-refractivity contribution is 6.00. The molecule has 2 rings (SSSR count). The second kappa shape index (κ2) is 4.73. The van der Waals surface area contributed by atoms with Gasteiger partial charge < -0.3 is 10.6 Å². The SMILES string of the molecule is CC1CCCN(c2ccc(F)cc2C(=N)N)C1. The van der Waals surface area contributed by atoms with Crippen LogP contribution in [0.3, 0.4) is 0 Å². The van der Waals surface area contributed by atoms with Gasteiger partial charge in [-0.05, 0) is 37.0 Å². The normalized spacial score (nSPS) is 20.4. The first-order chi connectivity index (χ1) is 8.08. The molecule has 0 aliphatic carbocycles. The number of nitrogens with two attached hydrogens (primary N) is 1. The Morgan fingerprint density at radius 3 is 2.94 bits per heavy atom. The lowest BCUT2D eigenvalue weighted by Gasteiger charge is -2.34. The summed E-state index contributed by atoms with van der Waals surface area (Å²) < 4.78 is 13.2. The maximum Gasteiger partial charge on any atom is 0.125 e. The van der Waals surface area contributed by atoms with Gasteiger partial charge in [0, 0.05) is 24.3 Å². The molecule has 1 atom stereocenters. The molecule has 0 saturated carbocycles. The van der Waals surface area contributed by atoms with Gasteiger partial charge in [0.25, 0.3) is 0 Å². The highest BCUT2D eigenvalue weighted by atomic mass is 19.1. The fourth-order valence-corrected chi connectivity index (χ4v) is 2.41. The van der Waals surface area contributed by atoms with Crippen LogP contribution in [0, 0.1) is 17.1 Å². The summed E-state index contributed by atoms with van der Waals surface area (Å²) in [6, 6.07) is 4.50. The second-order valence-electron chi connectivity index (χ2n) is 4.77. The van der Waals surface area contributed by atoms with Crippen molar-refractivity contribution in [1.82, 2.24) is 0 Å². The van der Waals surface area contributed by atoms with Gasteiger partial charge in [-0.15, -0.1) is 0 Å². The summed E-state index contributed by atoms with van der Waals surface area (Å²) >= 11 is 0. The van der Waals surface area contributed by atoms with Crippen LogP contribution in [0.1, 0.15) is 25.3 Å². The first-order valence-electron chi connectivity index (χ1n) is 5.97. The average Bonchev–Trinajstić information content (AvgIpc) is 2.28. The lowest BCUT2D eigenvalue weighted by atomic mass is 9.98. The van der Waals surface area contributed by atoms with Crippen LogP contribution in [0.4, 0.5) is 10.1 Å². The van der Waals surface area contributed by atoms with Crippen molar-refractivity contribution in [1.29, 1.82) is 5.41 Å². The van der Waals surface area contributed by atoms with E-state index >= 15 is 0 Å². The van der Waals surface area contributed by atoms with Crippen LogP contribution < -0.4 is 10.6 Å². The van der Waals surface area contributed by atoms with E-state index in [0.717, 1.165) is 25.2 Å². The van der Waals surface area contributed by atoms with Crippen molar-refractivity contribution in [2.75, 3.05) is 18.0 Å². The summed E-state index contributed by atoms with van der Waals surface area (Å²) in [5.74, 6) is 0.218. The summed E-state index contributed by atoms with van der Waals surface area (Å²) in [5, 5.41) is 7.53. The van der Waals surface area contributed by atoms with Crippen molar-refractivity contribution in [2.45, 2.75) is 19.8 Å². The highest BCUT2D eigenvalue weighted by Gasteiger charge is 2.19. The number of piperidine rings is 1. The van der Waals surface area contributed by atoms with Gasteiger partial charge >= 0.3 is 0 Å². The van der Waals surface area contributed by atoms with E-state index in [2.05, 4.69) is 11.8 Å². The molecule has 4 heteroatoms. The standard InChI is InChI=1S/C13H18FN3/c1-9-3-2-6-17(8-9)12-5-4-10(14)7-11(12)13(15)16/h4-5,7,9H,2-3,6,8H2,1H3,(H3,15,16). The van der Waals surface area contributed by atoms with Crippen LogP contribution in [0.25, 0.3) is 0 Å². The fraction of sp³-hybridized carbons (Fsp3) is 0.462. The van der Waals surface area contributed by atoms with Crippen LogP contribution in [0.5, 0.6) is 0 Å². The number of benzene rings is 1. The van der Waals surface area contributed by atoms with E-state index in [1.165, 1.54) is 18.6 Å². The van der Waals surface area contributed by atoms with Gasteiger partial charge in [-0.25, -0.2) is 4.39 Å². The topological polar surface area (TPSA) is 53.1 Å². The molecule has 1 heterocycles. The molecular formula is C13H18FN3. The molecule has 92 valence electrons. The smallest absolute Gasteiger partial charge is 0.125 e. The van der Waals surface area contributed by atoms with Gasteiger partial charge in [-0.1, -0.05) is 6.92 Å². The number of hydrogen-bond acceptors (Lipinski definition) is 2. The predicted octanol–water partition coefficient (Wildman–Crippen LogP) is 2.35. The molecule has 17 heavy (non-hydrogen) atoms. The zero-order valence-electron chi connectivity index (χ0n) is 10.0. The van der Waals surface area contributed by atoms with Gasteiger partial charge in [0.2, 0.25) is 0 Å². The molecule has 1 aliphatic heterocycles. The van der Waals surface area contributed by atoms with E-state index in [-0.39, 0.29) is 11.7 Å². The number of nitrogen functional groups attached to an aromatic ring is 1. The Bertz CT molecular complexity index is 431. The molecule has 1 unspecified atom stereocenters. The van der Waals surface area contributed by atoms with Crippen LogP contribution in [0.2, 0.25) is 0 Å². The molecule has 3 N–H and O–H groups in total. The molecule has 0 radical (unpaired) electrons. The van der Waals surface area contributed by atoms with E-state index in [1.807, 2.05) is 0 Å². The molecule has 0 amide bonds. The summed E-state index contributed by atoms with van der Waals surface area (Å²) in [7, 11) is 0. The van der Waals surface area contributed by atoms with Crippen LogP contribution >= 0.6 is 0 Å². The number of halogens is 1. The lowest BCUT2D eigenvalue weighted by molar-refractivity contribution is 0.446. The highest BCUT2D eigenvalue weighted by Crippen LogP contribution is 2.26. The molecule has 0 aromatic heterocycles. The number of rotatable bonds is 2. The maximum atomic E-state index is 13.2. The van der Waals surface area contributed by atoms with E-state index in [4.69, 9.17) is 11.1 Å². The molecule has 1 saturated heterocycles. The lowest BCUT2D eigenvalue weighted by Crippen LogP contribution is -2.35. The number of hydrogen-bond donors (Lipinski definition) is 2. The monoisotopic (exact) mass is 235 g/mol. The summed E-state index contributed by atoms with van der Waals surface area (Å²) in [6.07, 6.45) is 2.36. The summed E-state index contributed by atoms with van der Waals surface area (Å²) in [4.78, 5) is 2.20. The first kappa shape index (κ1) is 11.9. The van der Waals surface area contributed by atoms with E-state index in [9.17, 15) is 4.39 Å². The third-order valence-electron chi connectivity index (χ3n) is 3.25. The minimum absolute atomic E-state index is 0.0715. The van der Waals surface area contributed by atoms with Gasteiger partial charge in [-0.2, -0.15) is 0 Å². The number of anilines is 1. The fourth-order valence-electron chi connectivity index (χ4n) is 2.41. The predicted molar refractivity (Wildman–Crippen MR) is 68.0 cm³/mol. The van der Waals surface area contributed by atoms with E-state index in [0.29, 0.717) is 11.5 Å². The van der Waals surface area contributed by atoms with Crippen LogP contribution in [0.15, 0.2) is 18.2 Å². The third kappa shape index (κ3) is 2.57. The van der Waals surface area contributed by atoms with Crippen molar-refractivity contribution >= 4 is 11.5 Å². The summed E-state index contributed by atoms with van der Waals surface area (Å²) in [6.45, 7) is 4.12. The van der Waals surface area contributed by atoms with Crippen LogP contribution in [-0.2, 0) is 0 Å². The number of nitrogens with zero attached hydrogens (tertiary/aromatic N) is 1. The molecule has 3 nitrogen and oxygen atoms in total. The van der Waals surface area contributed by atoms with Crippen molar-refractivity contribution in [3.8, 4) is 0 Å². The minimum Gasteiger partial charge on any atom is -0.384 e. The second-order valence-corrected chi connectivity index (χ2v) is 4.77. The number of amidine groups is 1. The molecule has 0 bridgehead atoms. The van der Waals surface area contributed by atoms with E-state index in [1.54, 1.807) is 6.07 Å². The number of nitrogens with one attached hydrogen (secondary N) is 1. The Hall–Kier alpha value is -1.58. The zero-order chi connectivity index (χ0) is 12.4. The quantitative estimate of drug-likeness (QED) is 0.610. The van der Waals surface area contributed by atoms with Gasteiger partial charge in [-0.3, -0.25) is 5.41 Å². The average molecular weight is 235 g/mol. The molecule has 1 fully saturated rings. The molecule has 1 aromatic carbocycles. The van der Waals surface area contributed by atoms with Crippen molar-refractivity contribution < 1.29 is 4.39 Å². The zero-order valence-corrected chi connectivity index (χ0v) is 10.0. The summed E-state index contributed by atoms with van der Waals surface area (Å²) in [5.41, 5.74) is 6.89. The third-order valence-corrected chi connectivity index (χ3v) is 3.25. The largest absolute Gasteiger partial charge is 0.384 e. The van der Waals surface area contributed by atoms with Crippen molar-refractivity contribution in [3.05, 3.63) is 29.6 Å². The van der Waals surface area contributed by atoms with E-state index < -0.39 is 0 Å². The van der Waals surface area contributed by atoms with Crippen molar-refractivity contribution in [3.63, 3.8) is 0 Å². The molecular weight excluding hydrogens is 217 g/mol.